The molecule has 0 aromatic rings. The summed E-state index contributed by atoms with van der Waals surface area (Å²) in [6.07, 6.45) is 9.22. The zero-order valence-electron chi connectivity index (χ0n) is 13.7. The van der Waals surface area contributed by atoms with E-state index in [9.17, 15) is 4.79 Å². The Labute approximate surface area is 138 Å². The number of nitrogens with zero attached hydrogens (tertiary/aromatic N) is 1. The molecule has 1 aliphatic heterocycles. The van der Waals surface area contributed by atoms with Gasteiger partial charge >= 0.3 is 0 Å². The van der Waals surface area contributed by atoms with Gasteiger partial charge in [0.25, 0.3) is 0 Å². The van der Waals surface area contributed by atoms with E-state index in [1.165, 1.54) is 37.9 Å². The van der Waals surface area contributed by atoms with Gasteiger partial charge < -0.3 is 16.0 Å². The maximum Gasteiger partial charge on any atom is 0.221 e. The normalized spacial score (nSPS) is 23.3. The third-order valence-electron chi connectivity index (χ3n) is 4.36. The molecule has 3 N–H and O–H groups in total. The SMILES string of the molecule is CN=C(NCCC(=O)NC1CCCCC1)NCC1CCCS1. The molecule has 0 aromatic carbocycles. The number of thioether (sulfide) groups is 1. The van der Waals surface area contributed by atoms with Crippen molar-refractivity contribution < 1.29 is 4.79 Å². The van der Waals surface area contributed by atoms with E-state index in [2.05, 4.69) is 20.9 Å². The summed E-state index contributed by atoms with van der Waals surface area (Å²) in [5, 5.41) is 10.4. The lowest BCUT2D eigenvalue weighted by molar-refractivity contribution is -0.121. The molecule has 1 saturated carbocycles. The molecular formula is C16H30N4OS. The Bertz CT molecular complexity index is 363. The molecule has 1 unspecified atom stereocenters. The van der Waals surface area contributed by atoms with Gasteiger partial charge in [-0.2, -0.15) is 11.8 Å². The van der Waals surface area contributed by atoms with Gasteiger partial charge in [-0.25, -0.2) is 0 Å². The second kappa shape index (κ2) is 9.98. The Balaban J connectivity index is 1.56. The molecule has 1 saturated heterocycles. The summed E-state index contributed by atoms with van der Waals surface area (Å²) in [6, 6.07) is 0.401. The van der Waals surface area contributed by atoms with Crippen molar-refractivity contribution in [2.45, 2.75) is 62.7 Å². The molecule has 0 radical (unpaired) electrons. The Morgan fingerprint density at radius 2 is 1.95 bits per heavy atom. The van der Waals surface area contributed by atoms with E-state index in [-0.39, 0.29) is 5.91 Å². The third-order valence-corrected chi connectivity index (χ3v) is 5.76. The van der Waals surface area contributed by atoms with Gasteiger partial charge in [0.1, 0.15) is 0 Å². The summed E-state index contributed by atoms with van der Waals surface area (Å²) >= 11 is 2.03. The van der Waals surface area contributed by atoms with Gasteiger partial charge in [-0.1, -0.05) is 19.3 Å². The lowest BCUT2D eigenvalue weighted by Crippen LogP contribution is -2.42. The fourth-order valence-corrected chi connectivity index (χ4v) is 4.28. The van der Waals surface area contributed by atoms with E-state index < -0.39 is 0 Å². The highest BCUT2D eigenvalue weighted by atomic mass is 32.2. The molecule has 2 aliphatic rings. The van der Waals surface area contributed by atoms with Gasteiger partial charge in [0, 0.05) is 37.8 Å². The fourth-order valence-electron chi connectivity index (χ4n) is 3.08. The Morgan fingerprint density at radius 1 is 1.14 bits per heavy atom. The summed E-state index contributed by atoms with van der Waals surface area (Å²) in [4.78, 5) is 16.1. The molecule has 1 amide bonds. The molecule has 2 rings (SSSR count). The number of hydrogen-bond donors (Lipinski definition) is 3. The van der Waals surface area contributed by atoms with E-state index >= 15 is 0 Å². The zero-order valence-corrected chi connectivity index (χ0v) is 14.5. The van der Waals surface area contributed by atoms with Crippen LogP contribution in [0.25, 0.3) is 0 Å². The van der Waals surface area contributed by atoms with Crippen molar-refractivity contribution in [3.05, 3.63) is 0 Å². The maximum absolute atomic E-state index is 11.9. The first kappa shape index (κ1) is 17.4. The second-order valence-electron chi connectivity index (χ2n) is 6.17. The lowest BCUT2D eigenvalue weighted by atomic mass is 9.95. The van der Waals surface area contributed by atoms with Crippen molar-refractivity contribution in [2.75, 3.05) is 25.9 Å². The molecule has 1 atom stereocenters. The van der Waals surface area contributed by atoms with Crippen LogP contribution in [-0.2, 0) is 4.79 Å². The van der Waals surface area contributed by atoms with Crippen LogP contribution in [0.2, 0.25) is 0 Å². The van der Waals surface area contributed by atoms with Crippen LogP contribution in [0.15, 0.2) is 4.99 Å². The number of hydrogen-bond acceptors (Lipinski definition) is 3. The first-order valence-electron chi connectivity index (χ1n) is 8.63. The minimum Gasteiger partial charge on any atom is -0.356 e. The molecule has 0 aromatic heterocycles. The summed E-state index contributed by atoms with van der Waals surface area (Å²) in [5.41, 5.74) is 0. The van der Waals surface area contributed by atoms with Crippen molar-refractivity contribution in [1.29, 1.82) is 0 Å². The van der Waals surface area contributed by atoms with Crippen LogP contribution in [0.4, 0.5) is 0 Å². The molecule has 126 valence electrons. The first-order valence-corrected chi connectivity index (χ1v) is 9.68. The van der Waals surface area contributed by atoms with E-state index in [4.69, 9.17) is 0 Å². The van der Waals surface area contributed by atoms with Gasteiger partial charge in [-0.3, -0.25) is 9.79 Å². The summed E-state index contributed by atoms with van der Waals surface area (Å²) in [5.74, 6) is 2.24. The predicted molar refractivity (Wildman–Crippen MR) is 94.5 cm³/mol. The molecule has 22 heavy (non-hydrogen) atoms. The molecule has 2 fully saturated rings. The number of guanidine groups is 1. The standard InChI is InChI=1S/C16H30N4OS/c1-17-16(19-12-14-8-5-11-22-14)18-10-9-15(21)20-13-6-3-2-4-7-13/h13-14H,2-12H2,1H3,(H,20,21)(H2,17,18,19). The van der Waals surface area contributed by atoms with E-state index in [1.54, 1.807) is 7.05 Å². The van der Waals surface area contributed by atoms with Crippen molar-refractivity contribution in [3.63, 3.8) is 0 Å². The minimum absolute atomic E-state index is 0.154. The van der Waals surface area contributed by atoms with Gasteiger partial charge in [-0.15, -0.1) is 0 Å². The summed E-state index contributed by atoms with van der Waals surface area (Å²) in [7, 11) is 1.78. The Hall–Kier alpha value is -0.910. The average Bonchev–Trinajstić information content (AvgIpc) is 3.05. The number of aliphatic imine (C=N–C) groups is 1. The van der Waals surface area contributed by atoms with Gasteiger partial charge in [-0.05, 0) is 31.4 Å². The minimum atomic E-state index is 0.154. The highest BCUT2D eigenvalue weighted by Crippen LogP contribution is 2.25. The topological polar surface area (TPSA) is 65.5 Å². The highest BCUT2D eigenvalue weighted by molar-refractivity contribution is 8.00. The van der Waals surface area contributed by atoms with Crippen molar-refractivity contribution >= 4 is 23.6 Å². The van der Waals surface area contributed by atoms with Crippen molar-refractivity contribution in [3.8, 4) is 0 Å². The van der Waals surface area contributed by atoms with Gasteiger partial charge in [0.05, 0.1) is 0 Å². The van der Waals surface area contributed by atoms with Crippen LogP contribution >= 0.6 is 11.8 Å². The van der Waals surface area contributed by atoms with Crippen LogP contribution in [0, 0.1) is 0 Å². The predicted octanol–water partition coefficient (Wildman–Crippen LogP) is 1.89. The smallest absolute Gasteiger partial charge is 0.221 e. The van der Waals surface area contributed by atoms with Crippen LogP contribution in [0.3, 0.4) is 0 Å². The average molecular weight is 327 g/mol. The fraction of sp³-hybridized carbons (Fsp3) is 0.875. The summed E-state index contributed by atoms with van der Waals surface area (Å²) in [6.45, 7) is 1.59. The lowest BCUT2D eigenvalue weighted by Gasteiger charge is -2.22. The number of nitrogens with one attached hydrogen (secondary N) is 3. The molecule has 0 bridgehead atoms. The molecule has 1 aliphatic carbocycles. The molecule has 0 spiro atoms. The van der Waals surface area contributed by atoms with Crippen molar-refractivity contribution in [2.24, 2.45) is 4.99 Å². The van der Waals surface area contributed by atoms with Crippen molar-refractivity contribution in [1.82, 2.24) is 16.0 Å². The van der Waals surface area contributed by atoms with E-state index in [1.807, 2.05) is 11.8 Å². The molecule has 5 nitrogen and oxygen atoms in total. The number of carbonyl (C=O) groups excluding carboxylic acids is 1. The highest BCUT2D eigenvalue weighted by Gasteiger charge is 2.16. The van der Waals surface area contributed by atoms with Crippen LogP contribution in [-0.4, -0.2) is 49.0 Å². The van der Waals surface area contributed by atoms with E-state index in [0.29, 0.717) is 24.3 Å². The van der Waals surface area contributed by atoms with E-state index in [0.717, 1.165) is 25.3 Å². The molecular weight excluding hydrogens is 296 g/mol. The molecule has 6 heteroatoms. The zero-order chi connectivity index (χ0) is 15.6. The number of amides is 1. The maximum atomic E-state index is 11.9. The quantitative estimate of drug-likeness (QED) is 0.515. The van der Waals surface area contributed by atoms with Crippen LogP contribution < -0.4 is 16.0 Å². The van der Waals surface area contributed by atoms with Crippen LogP contribution in [0.1, 0.15) is 51.4 Å². The second-order valence-corrected chi connectivity index (χ2v) is 7.58. The van der Waals surface area contributed by atoms with Gasteiger partial charge in [0.2, 0.25) is 5.91 Å². The van der Waals surface area contributed by atoms with Crippen LogP contribution in [0.5, 0.6) is 0 Å². The molecule has 1 heterocycles. The first-order chi connectivity index (χ1) is 10.8. The van der Waals surface area contributed by atoms with Gasteiger partial charge in [0.15, 0.2) is 5.96 Å². The monoisotopic (exact) mass is 326 g/mol. The number of carbonyl (C=O) groups is 1. The Morgan fingerprint density at radius 3 is 2.64 bits per heavy atom. The largest absolute Gasteiger partial charge is 0.356 e. The number of rotatable bonds is 6. The Kier molecular flexibility index (Phi) is 7.91. The third kappa shape index (κ3) is 6.46. The summed E-state index contributed by atoms with van der Waals surface area (Å²) < 4.78 is 0.